The molecule has 0 heterocycles. The van der Waals surface area contributed by atoms with Crippen molar-refractivity contribution in [1.29, 1.82) is 0 Å². The standard InChI is InChI=1S/C11H12N2O2/c14-7-12-10-3-1-9(10)2-4-11(9,6-5-10)13-8-15/h1-6H2. The van der Waals surface area contributed by atoms with E-state index < -0.39 is 0 Å². The van der Waals surface area contributed by atoms with Crippen LogP contribution < -0.4 is 0 Å². The van der Waals surface area contributed by atoms with Gasteiger partial charge in [0.2, 0.25) is 12.2 Å². The molecule has 0 aromatic rings. The van der Waals surface area contributed by atoms with Gasteiger partial charge in [-0.25, -0.2) is 9.59 Å². The van der Waals surface area contributed by atoms with Gasteiger partial charge in [0.05, 0.1) is 11.1 Å². The van der Waals surface area contributed by atoms with Gasteiger partial charge < -0.3 is 0 Å². The molecule has 3 aliphatic carbocycles. The maximum Gasteiger partial charge on any atom is 0.235 e. The SMILES string of the molecule is O=C=NC12CCC3(N=C=O)CCC13CC2. The summed E-state index contributed by atoms with van der Waals surface area (Å²) in [5, 5.41) is 0. The molecule has 3 saturated carbocycles. The summed E-state index contributed by atoms with van der Waals surface area (Å²) in [6.45, 7) is 0. The Morgan fingerprint density at radius 3 is 1.40 bits per heavy atom. The summed E-state index contributed by atoms with van der Waals surface area (Å²) in [6, 6.07) is 0. The van der Waals surface area contributed by atoms with Crippen molar-refractivity contribution < 1.29 is 9.59 Å². The normalized spacial score (nSPS) is 49.9. The first-order valence-corrected chi connectivity index (χ1v) is 5.42. The highest BCUT2D eigenvalue weighted by atomic mass is 16.1. The largest absolute Gasteiger partial charge is 0.235 e. The van der Waals surface area contributed by atoms with Gasteiger partial charge in [0, 0.05) is 5.41 Å². The lowest BCUT2D eigenvalue weighted by Crippen LogP contribution is -2.67. The third-order valence-electron chi connectivity index (χ3n) is 5.18. The maximum absolute atomic E-state index is 10.5. The second kappa shape index (κ2) is 2.46. The Hall–Kier alpha value is -1.24. The van der Waals surface area contributed by atoms with Crippen LogP contribution in [0.25, 0.3) is 0 Å². The average molecular weight is 204 g/mol. The van der Waals surface area contributed by atoms with Crippen molar-refractivity contribution in [3.05, 3.63) is 0 Å². The monoisotopic (exact) mass is 204 g/mol. The van der Waals surface area contributed by atoms with Gasteiger partial charge in [0.1, 0.15) is 0 Å². The molecule has 3 rings (SSSR count). The van der Waals surface area contributed by atoms with Crippen molar-refractivity contribution in [2.75, 3.05) is 0 Å². The molecule has 2 unspecified atom stereocenters. The minimum Gasteiger partial charge on any atom is -0.211 e. The van der Waals surface area contributed by atoms with Crippen LogP contribution in [0.1, 0.15) is 38.5 Å². The number of isocyanates is 2. The van der Waals surface area contributed by atoms with Crippen molar-refractivity contribution in [1.82, 2.24) is 0 Å². The van der Waals surface area contributed by atoms with Gasteiger partial charge in [0.15, 0.2) is 0 Å². The van der Waals surface area contributed by atoms with Crippen molar-refractivity contribution >= 4 is 12.2 Å². The Labute approximate surface area is 87.5 Å². The van der Waals surface area contributed by atoms with E-state index in [1.807, 2.05) is 0 Å². The smallest absolute Gasteiger partial charge is 0.211 e. The van der Waals surface area contributed by atoms with Gasteiger partial charge in [-0.3, -0.25) is 0 Å². The summed E-state index contributed by atoms with van der Waals surface area (Å²) in [5.74, 6) is 0. The van der Waals surface area contributed by atoms with E-state index >= 15 is 0 Å². The lowest BCUT2D eigenvalue weighted by molar-refractivity contribution is -0.0978. The molecule has 3 fully saturated rings. The number of aliphatic imine (C=N–C) groups is 2. The van der Waals surface area contributed by atoms with E-state index in [9.17, 15) is 9.59 Å². The zero-order valence-electron chi connectivity index (χ0n) is 8.45. The topological polar surface area (TPSA) is 58.9 Å². The van der Waals surface area contributed by atoms with Crippen molar-refractivity contribution in [3.63, 3.8) is 0 Å². The second-order valence-corrected chi connectivity index (χ2v) is 5.05. The van der Waals surface area contributed by atoms with Crippen LogP contribution in [0, 0.1) is 5.41 Å². The van der Waals surface area contributed by atoms with E-state index in [4.69, 9.17) is 0 Å². The molecule has 3 aliphatic rings. The minimum absolute atomic E-state index is 0.00875. The third kappa shape index (κ3) is 0.706. The van der Waals surface area contributed by atoms with Crippen LogP contribution in [0.15, 0.2) is 9.98 Å². The minimum atomic E-state index is -0.229. The molecule has 0 aromatic heterocycles. The van der Waals surface area contributed by atoms with E-state index in [2.05, 4.69) is 9.98 Å². The maximum atomic E-state index is 10.5. The summed E-state index contributed by atoms with van der Waals surface area (Å²) < 4.78 is 0. The van der Waals surface area contributed by atoms with Crippen molar-refractivity contribution in [2.24, 2.45) is 15.4 Å². The Kier molecular flexibility index (Phi) is 1.48. The first kappa shape index (κ1) is 9.02. The molecule has 4 heteroatoms. The fourth-order valence-corrected chi connectivity index (χ4v) is 4.21. The molecule has 0 radical (unpaired) electrons. The number of rotatable bonds is 2. The molecule has 78 valence electrons. The highest BCUT2D eigenvalue weighted by Gasteiger charge is 2.78. The number of hydrogen-bond acceptors (Lipinski definition) is 4. The molecule has 0 aromatic carbocycles. The fraction of sp³-hybridized carbons (Fsp3) is 0.818. The van der Waals surface area contributed by atoms with E-state index in [-0.39, 0.29) is 16.5 Å². The van der Waals surface area contributed by atoms with Crippen LogP contribution in [-0.4, -0.2) is 23.2 Å². The van der Waals surface area contributed by atoms with E-state index in [1.165, 1.54) is 0 Å². The average Bonchev–Trinajstić information content (AvgIpc) is 2.28. The first-order valence-electron chi connectivity index (χ1n) is 5.42. The van der Waals surface area contributed by atoms with Gasteiger partial charge >= 0.3 is 0 Å². The summed E-state index contributed by atoms with van der Waals surface area (Å²) in [6.07, 6.45) is 9.18. The fourth-order valence-electron chi connectivity index (χ4n) is 4.21. The van der Waals surface area contributed by atoms with E-state index in [1.54, 1.807) is 12.2 Å². The Bertz CT molecular complexity index is 380. The lowest BCUT2D eigenvalue weighted by Gasteiger charge is -2.64. The highest BCUT2D eigenvalue weighted by molar-refractivity contribution is 5.45. The second-order valence-electron chi connectivity index (χ2n) is 5.05. The summed E-state index contributed by atoms with van der Waals surface area (Å²) in [7, 11) is 0. The molecule has 2 atom stereocenters. The molecule has 0 N–H and O–H groups in total. The van der Waals surface area contributed by atoms with Crippen LogP contribution in [0.4, 0.5) is 0 Å². The van der Waals surface area contributed by atoms with Crippen LogP contribution in [0.5, 0.6) is 0 Å². The highest BCUT2D eigenvalue weighted by Crippen LogP contribution is 2.76. The zero-order chi connectivity index (χ0) is 10.6. The summed E-state index contributed by atoms with van der Waals surface area (Å²) >= 11 is 0. The number of nitrogens with zero attached hydrogens (tertiary/aromatic N) is 2. The van der Waals surface area contributed by atoms with Crippen LogP contribution in [0.3, 0.4) is 0 Å². The summed E-state index contributed by atoms with van der Waals surface area (Å²) in [4.78, 5) is 29.0. The van der Waals surface area contributed by atoms with E-state index in [0.29, 0.717) is 0 Å². The van der Waals surface area contributed by atoms with Crippen molar-refractivity contribution in [3.8, 4) is 0 Å². The number of hydrogen-bond donors (Lipinski definition) is 0. The number of carbonyl (C=O) groups excluding carboxylic acids is 2. The predicted octanol–water partition coefficient (Wildman–Crippen LogP) is 1.50. The summed E-state index contributed by atoms with van der Waals surface area (Å²) in [5.41, 5.74) is -0.449. The van der Waals surface area contributed by atoms with Gasteiger partial charge in [-0.15, -0.1) is 0 Å². The zero-order valence-corrected chi connectivity index (χ0v) is 8.45. The van der Waals surface area contributed by atoms with Gasteiger partial charge in [-0.1, -0.05) is 0 Å². The lowest BCUT2D eigenvalue weighted by atomic mass is 9.42. The molecule has 0 amide bonds. The van der Waals surface area contributed by atoms with Crippen molar-refractivity contribution in [2.45, 2.75) is 49.6 Å². The Morgan fingerprint density at radius 1 is 0.733 bits per heavy atom. The van der Waals surface area contributed by atoms with Gasteiger partial charge in [-0.05, 0) is 38.5 Å². The molecule has 0 bridgehead atoms. The third-order valence-corrected chi connectivity index (χ3v) is 5.18. The molecule has 1 spiro atoms. The Balaban J connectivity index is 2.07. The van der Waals surface area contributed by atoms with Crippen LogP contribution in [0.2, 0.25) is 0 Å². The van der Waals surface area contributed by atoms with E-state index in [0.717, 1.165) is 38.5 Å². The van der Waals surface area contributed by atoms with Gasteiger partial charge in [0.25, 0.3) is 0 Å². The Morgan fingerprint density at radius 2 is 1.13 bits per heavy atom. The molecule has 15 heavy (non-hydrogen) atoms. The van der Waals surface area contributed by atoms with Crippen LogP contribution in [-0.2, 0) is 9.59 Å². The van der Waals surface area contributed by atoms with Crippen LogP contribution >= 0.6 is 0 Å². The molecule has 0 saturated heterocycles. The van der Waals surface area contributed by atoms with Gasteiger partial charge in [-0.2, -0.15) is 9.98 Å². The molecule has 0 aliphatic heterocycles. The molecule has 4 nitrogen and oxygen atoms in total. The molecular formula is C11H12N2O2. The first-order chi connectivity index (χ1) is 7.24. The quantitative estimate of drug-likeness (QED) is 0.505. The predicted molar refractivity (Wildman–Crippen MR) is 51.8 cm³/mol. The molecular weight excluding hydrogens is 192 g/mol.